The van der Waals surface area contributed by atoms with E-state index in [0.29, 0.717) is 12.3 Å². The van der Waals surface area contributed by atoms with Crippen molar-refractivity contribution in [3.05, 3.63) is 0 Å². The minimum atomic E-state index is -0.598. The van der Waals surface area contributed by atoms with Crippen molar-refractivity contribution in [1.29, 1.82) is 0 Å². The Hall–Kier alpha value is -0.810. The third-order valence-corrected chi connectivity index (χ3v) is 1.62. The molecule has 0 aromatic carbocycles. The number of nitrogens with one attached hydrogen (secondary N) is 1. The van der Waals surface area contributed by atoms with Crippen LogP contribution in [0, 0.1) is 5.92 Å². The zero-order chi connectivity index (χ0) is 11.0. The van der Waals surface area contributed by atoms with Gasteiger partial charge in [0, 0.05) is 0 Å². The molecule has 0 saturated heterocycles. The second-order valence-electron chi connectivity index (χ2n) is 3.51. The van der Waals surface area contributed by atoms with E-state index in [9.17, 15) is 4.79 Å². The number of carbonyl (C=O) groups is 1. The number of rotatable bonds is 6. The molecule has 0 aliphatic heterocycles. The maximum Gasteiger partial charge on any atom is 0.407 e. The maximum absolute atomic E-state index is 11.0. The first-order valence-electron chi connectivity index (χ1n) is 4.75. The van der Waals surface area contributed by atoms with Gasteiger partial charge in [-0.1, -0.05) is 13.8 Å². The van der Waals surface area contributed by atoms with Gasteiger partial charge in [0.15, 0.2) is 0 Å². The third-order valence-electron chi connectivity index (χ3n) is 1.62. The van der Waals surface area contributed by atoms with E-state index in [1.165, 1.54) is 0 Å². The van der Waals surface area contributed by atoms with Gasteiger partial charge in [0.2, 0.25) is 0 Å². The Bertz CT molecular complexity index is 161. The number of aliphatic hydroxyl groups is 2. The van der Waals surface area contributed by atoms with Crippen LogP contribution in [0.1, 0.15) is 20.3 Å². The molecule has 5 heteroatoms. The summed E-state index contributed by atoms with van der Waals surface area (Å²) in [6.07, 6.45) is 0.101. The number of hydrogen-bond donors (Lipinski definition) is 3. The molecule has 0 heterocycles. The summed E-state index contributed by atoms with van der Waals surface area (Å²) in [6, 6.07) is -0.277. The van der Waals surface area contributed by atoms with Crippen molar-refractivity contribution in [3.63, 3.8) is 0 Å². The van der Waals surface area contributed by atoms with E-state index in [4.69, 9.17) is 10.2 Å². The topological polar surface area (TPSA) is 78.8 Å². The highest BCUT2D eigenvalue weighted by Gasteiger charge is 2.13. The number of ether oxygens (including phenoxy) is 1. The Labute approximate surface area is 84.1 Å². The number of amides is 1. The van der Waals surface area contributed by atoms with Gasteiger partial charge in [-0.3, -0.25) is 0 Å². The van der Waals surface area contributed by atoms with Crippen LogP contribution in [0.4, 0.5) is 4.79 Å². The molecule has 0 fully saturated rings. The fourth-order valence-corrected chi connectivity index (χ4v) is 1.09. The van der Waals surface area contributed by atoms with Crippen LogP contribution in [0.5, 0.6) is 0 Å². The molecular weight excluding hydrogens is 186 g/mol. The minimum absolute atomic E-state index is 0.0222. The summed E-state index contributed by atoms with van der Waals surface area (Å²) in [4.78, 5) is 11.0. The van der Waals surface area contributed by atoms with Crippen LogP contribution in [-0.2, 0) is 4.74 Å². The highest BCUT2D eigenvalue weighted by atomic mass is 16.6. The molecule has 0 aromatic heterocycles. The van der Waals surface area contributed by atoms with E-state index in [1.807, 2.05) is 13.8 Å². The van der Waals surface area contributed by atoms with Crippen LogP contribution in [-0.4, -0.2) is 42.2 Å². The summed E-state index contributed by atoms with van der Waals surface area (Å²) in [5.41, 5.74) is 0. The predicted octanol–water partition coefficient (Wildman–Crippen LogP) is 0.112. The Morgan fingerprint density at radius 2 is 2.07 bits per heavy atom. The van der Waals surface area contributed by atoms with Crippen molar-refractivity contribution >= 4 is 6.09 Å². The molecule has 5 nitrogen and oxygen atoms in total. The van der Waals surface area contributed by atoms with Crippen molar-refractivity contribution < 1.29 is 19.7 Å². The largest absolute Gasteiger partial charge is 0.447 e. The van der Waals surface area contributed by atoms with Crippen LogP contribution < -0.4 is 5.32 Å². The average Bonchev–Trinajstić information content (AvgIpc) is 2.12. The van der Waals surface area contributed by atoms with Crippen molar-refractivity contribution in [1.82, 2.24) is 5.32 Å². The summed E-state index contributed by atoms with van der Waals surface area (Å²) in [6.45, 7) is 3.69. The lowest BCUT2D eigenvalue weighted by Crippen LogP contribution is -2.39. The molecule has 3 N–H and O–H groups in total. The number of aliphatic hydroxyl groups excluding tert-OH is 2. The van der Waals surface area contributed by atoms with Crippen molar-refractivity contribution in [2.24, 2.45) is 5.92 Å². The normalized spacial score (nSPS) is 12.6. The molecule has 0 spiro atoms. The third kappa shape index (κ3) is 6.68. The van der Waals surface area contributed by atoms with Gasteiger partial charge in [-0.15, -0.1) is 0 Å². The van der Waals surface area contributed by atoms with Crippen molar-refractivity contribution in [2.75, 3.05) is 19.8 Å². The smallest absolute Gasteiger partial charge is 0.407 e. The van der Waals surface area contributed by atoms with Gasteiger partial charge >= 0.3 is 6.09 Å². The molecule has 0 saturated carbocycles. The standard InChI is InChI=1S/C9H19NO4/c1-7(2)5-8(6-12)10-9(13)14-4-3-11/h7-8,11-12H,3-6H2,1-2H3,(H,10,13). The Kier molecular flexibility index (Phi) is 7.14. The SMILES string of the molecule is CC(C)CC(CO)NC(=O)OCCO. The van der Waals surface area contributed by atoms with E-state index in [0.717, 1.165) is 0 Å². The summed E-state index contributed by atoms with van der Waals surface area (Å²) < 4.78 is 4.59. The molecule has 0 radical (unpaired) electrons. The van der Waals surface area contributed by atoms with Gasteiger partial charge in [-0.2, -0.15) is 0 Å². The fraction of sp³-hybridized carbons (Fsp3) is 0.889. The molecule has 1 unspecified atom stereocenters. The lowest BCUT2D eigenvalue weighted by Gasteiger charge is -2.17. The monoisotopic (exact) mass is 205 g/mol. The average molecular weight is 205 g/mol. The van der Waals surface area contributed by atoms with E-state index in [2.05, 4.69) is 10.1 Å². The quantitative estimate of drug-likeness (QED) is 0.575. The first-order valence-corrected chi connectivity index (χ1v) is 4.75. The van der Waals surface area contributed by atoms with Crippen LogP contribution in [0.25, 0.3) is 0 Å². The summed E-state index contributed by atoms with van der Waals surface area (Å²) in [5, 5.41) is 19.8. The first kappa shape index (κ1) is 13.2. The van der Waals surface area contributed by atoms with Crippen molar-refractivity contribution in [3.8, 4) is 0 Å². The number of alkyl carbamates (subject to hydrolysis) is 1. The van der Waals surface area contributed by atoms with E-state index in [-0.39, 0.29) is 25.9 Å². The molecule has 0 aliphatic rings. The number of carbonyl (C=O) groups excluding carboxylic acids is 1. The first-order chi connectivity index (χ1) is 6.60. The van der Waals surface area contributed by atoms with E-state index in [1.54, 1.807) is 0 Å². The summed E-state index contributed by atoms with van der Waals surface area (Å²) >= 11 is 0. The highest BCUT2D eigenvalue weighted by Crippen LogP contribution is 2.04. The van der Waals surface area contributed by atoms with E-state index < -0.39 is 6.09 Å². The fourth-order valence-electron chi connectivity index (χ4n) is 1.09. The van der Waals surface area contributed by atoms with Gasteiger partial charge in [0.25, 0.3) is 0 Å². The maximum atomic E-state index is 11.0. The van der Waals surface area contributed by atoms with Crippen LogP contribution in [0.2, 0.25) is 0 Å². The van der Waals surface area contributed by atoms with E-state index >= 15 is 0 Å². The predicted molar refractivity (Wildman–Crippen MR) is 51.9 cm³/mol. The van der Waals surface area contributed by atoms with Gasteiger partial charge in [0.1, 0.15) is 6.61 Å². The molecule has 1 atom stereocenters. The zero-order valence-corrected chi connectivity index (χ0v) is 8.69. The van der Waals surface area contributed by atoms with Crippen LogP contribution >= 0.6 is 0 Å². The summed E-state index contributed by atoms with van der Waals surface area (Å²) in [5.74, 6) is 0.394. The lowest BCUT2D eigenvalue weighted by atomic mass is 10.0. The molecule has 0 rings (SSSR count). The number of hydrogen-bond acceptors (Lipinski definition) is 4. The van der Waals surface area contributed by atoms with Gasteiger partial charge in [-0.05, 0) is 12.3 Å². The van der Waals surface area contributed by atoms with Crippen LogP contribution in [0.15, 0.2) is 0 Å². The molecule has 1 amide bonds. The Balaban J connectivity index is 3.74. The van der Waals surface area contributed by atoms with Gasteiger partial charge in [0.05, 0.1) is 19.3 Å². The molecule has 84 valence electrons. The van der Waals surface area contributed by atoms with Gasteiger partial charge in [-0.25, -0.2) is 4.79 Å². The molecule has 0 bridgehead atoms. The molecular formula is C9H19NO4. The Morgan fingerprint density at radius 3 is 2.50 bits per heavy atom. The van der Waals surface area contributed by atoms with Crippen LogP contribution in [0.3, 0.4) is 0 Å². The summed E-state index contributed by atoms with van der Waals surface area (Å²) in [7, 11) is 0. The molecule has 14 heavy (non-hydrogen) atoms. The Morgan fingerprint density at radius 1 is 1.43 bits per heavy atom. The van der Waals surface area contributed by atoms with Gasteiger partial charge < -0.3 is 20.3 Å². The lowest BCUT2D eigenvalue weighted by molar-refractivity contribution is 0.110. The minimum Gasteiger partial charge on any atom is -0.447 e. The molecule has 0 aromatic rings. The second kappa shape index (κ2) is 7.58. The second-order valence-corrected chi connectivity index (χ2v) is 3.51. The highest BCUT2D eigenvalue weighted by molar-refractivity contribution is 5.67. The molecule has 0 aliphatic carbocycles. The zero-order valence-electron chi connectivity index (χ0n) is 8.69. The van der Waals surface area contributed by atoms with Crippen molar-refractivity contribution in [2.45, 2.75) is 26.3 Å².